The predicted molar refractivity (Wildman–Crippen MR) is 45.1 cm³/mol. The Balaban J connectivity index is 2.17. The van der Waals surface area contributed by atoms with Crippen molar-refractivity contribution in [1.82, 2.24) is 4.90 Å². The van der Waals surface area contributed by atoms with Gasteiger partial charge in [-0.25, -0.2) is 0 Å². The second-order valence-electron chi connectivity index (χ2n) is 3.62. The molecule has 1 fully saturated rings. The van der Waals surface area contributed by atoms with Crippen molar-refractivity contribution < 1.29 is 0 Å². The summed E-state index contributed by atoms with van der Waals surface area (Å²) in [7, 11) is 0. The predicted octanol–water partition coefficient (Wildman–Crippen LogP) is 2.13. The Morgan fingerprint density at radius 2 is 2.00 bits per heavy atom. The minimum absolute atomic E-state index is 0.741. The van der Waals surface area contributed by atoms with Crippen LogP contribution in [0, 0.1) is 5.92 Å². The van der Waals surface area contributed by atoms with Gasteiger partial charge >= 0.3 is 0 Å². The first-order valence-corrected chi connectivity index (χ1v) is 4.48. The van der Waals surface area contributed by atoms with Crippen molar-refractivity contribution in [2.24, 2.45) is 5.92 Å². The highest BCUT2D eigenvalue weighted by molar-refractivity contribution is 4.77. The van der Waals surface area contributed by atoms with E-state index in [1.165, 1.54) is 25.9 Å². The van der Waals surface area contributed by atoms with Crippen LogP contribution in [-0.2, 0) is 0 Å². The molecular weight excluding hydrogens is 122 g/mol. The lowest BCUT2D eigenvalue weighted by Gasteiger charge is -2.24. The molecule has 0 saturated heterocycles. The first kappa shape index (κ1) is 8.06. The minimum atomic E-state index is 0.741. The van der Waals surface area contributed by atoms with Crippen molar-refractivity contribution in [2.45, 2.75) is 39.7 Å². The van der Waals surface area contributed by atoms with E-state index >= 15 is 0 Å². The van der Waals surface area contributed by atoms with Gasteiger partial charge in [-0.15, -0.1) is 0 Å². The van der Waals surface area contributed by atoms with E-state index in [0.717, 1.165) is 12.0 Å². The molecule has 0 aliphatic heterocycles. The Morgan fingerprint density at radius 3 is 2.30 bits per heavy atom. The molecule has 0 radical (unpaired) electrons. The average Bonchev–Trinajstić information content (AvgIpc) is 2.64. The van der Waals surface area contributed by atoms with Crippen LogP contribution in [0.15, 0.2) is 0 Å². The van der Waals surface area contributed by atoms with Gasteiger partial charge in [0.2, 0.25) is 0 Å². The summed E-state index contributed by atoms with van der Waals surface area (Å²) in [6.45, 7) is 9.38. The smallest absolute Gasteiger partial charge is 0.00385 e. The van der Waals surface area contributed by atoms with Crippen LogP contribution in [0.5, 0.6) is 0 Å². The molecule has 1 aliphatic rings. The second kappa shape index (κ2) is 3.38. The Bertz CT molecular complexity index is 94.9. The molecule has 0 spiro atoms. The highest BCUT2D eigenvalue weighted by atomic mass is 15.1. The van der Waals surface area contributed by atoms with Gasteiger partial charge in [-0.05, 0) is 39.2 Å². The average molecular weight is 141 g/mol. The number of nitrogens with zero attached hydrogens (tertiary/aromatic N) is 1. The summed E-state index contributed by atoms with van der Waals surface area (Å²) in [6, 6.07) is 0.741. The van der Waals surface area contributed by atoms with Gasteiger partial charge in [0.15, 0.2) is 0 Å². The third-order valence-electron chi connectivity index (χ3n) is 2.33. The summed E-state index contributed by atoms with van der Waals surface area (Å²) in [5.41, 5.74) is 0. The van der Waals surface area contributed by atoms with Gasteiger partial charge in [0.05, 0.1) is 0 Å². The molecule has 0 atom stereocenters. The molecule has 0 unspecified atom stereocenters. The van der Waals surface area contributed by atoms with E-state index in [2.05, 4.69) is 25.7 Å². The highest BCUT2D eigenvalue weighted by Gasteiger charge is 2.24. The van der Waals surface area contributed by atoms with Gasteiger partial charge in [-0.1, -0.05) is 6.92 Å². The van der Waals surface area contributed by atoms with E-state index in [-0.39, 0.29) is 0 Å². The van der Waals surface area contributed by atoms with Crippen LogP contribution in [0.25, 0.3) is 0 Å². The number of hydrogen-bond donors (Lipinski definition) is 0. The van der Waals surface area contributed by atoms with Gasteiger partial charge in [0, 0.05) is 12.6 Å². The molecule has 0 amide bonds. The molecule has 60 valence electrons. The Labute approximate surface area is 64.4 Å². The Morgan fingerprint density at radius 1 is 1.40 bits per heavy atom. The molecule has 1 nitrogen and oxygen atoms in total. The Hall–Kier alpha value is -0.0400. The first-order valence-electron chi connectivity index (χ1n) is 4.48. The van der Waals surface area contributed by atoms with E-state index in [0.29, 0.717) is 0 Å². The molecule has 0 aromatic heterocycles. The lowest BCUT2D eigenvalue weighted by atomic mass is 10.3. The van der Waals surface area contributed by atoms with Crippen LogP contribution >= 0.6 is 0 Å². The monoisotopic (exact) mass is 141 g/mol. The standard InChI is InChI=1S/C9H19N/c1-4-10(8(2)3)7-9-5-6-9/h8-9H,4-7H2,1-3H3. The largest absolute Gasteiger partial charge is 0.301 e. The van der Waals surface area contributed by atoms with Gasteiger partial charge in [0.1, 0.15) is 0 Å². The molecular formula is C9H19N. The van der Waals surface area contributed by atoms with Crippen molar-refractivity contribution in [1.29, 1.82) is 0 Å². The van der Waals surface area contributed by atoms with Gasteiger partial charge in [-0.3, -0.25) is 0 Å². The van der Waals surface area contributed by atoms with Crippen LogP contribution in [0.4, 0.5) is 0 Å². The summed E-state index contributed by atoms with van der Waals surface area (Å²) >= 11 is 0. The van der Waals surface area contributed by atoms with E-state index < -0.39 is 0 Å². The van der Waals surface area contributed by atoms with Crippen molar-refractivity contribution in [3.05, 3.63) is 0 Å². The third-order valence-corrected chi connectivity index (χ3v) is 2.33. The summed E-state index contributed by atoms with van der Waals surface area (Å²) in [6.07, 6.45) is 2.95. The van der Waals surface area contributed by atoms with E-state index in [1.54, 1.807) is 0 Å². The van der Waals surface area contributed by atoms with Crippen LogP contribution in [0.1, 0.15) is 33.6 Å². The highest BCUT2D eigenvalue weighted by Crippen LogP contribution is 2.30. The summed E-state index contributed by atoms with van der Waals surface area (Å²) in [5, 5.41) is 0. The fourth-order valence-electron chi connectivity index (χ4n) is 1.34. The molecule has 1 rings (SSSR count). The molecule has 1 heteroatoms. The van der Waals surface area contributed by atoms with Gasteiger partial charge in [-0.2, -0.15) is 0 Å². The quantitative estimate of drug-likeness (QED) is 0.579. The number of rotatable bonds is 4. The van der Waals surface area contributed by atoms with E-state index in [4.69, 9.17) is 0 Å². The zero-order valence-corrected chi connectivity index (χ0v) is 7.43. The van der Waals surface area contributed by atoms with Crippen molar-refractivity contribution >= 4 is 0 Å². The van der Waals surface area contributed by atoms with Crippen LogP contribution in [0.2, 0.25) is 0 Å². The summed E-state index contributed by atoms with van der Waals surface area (Å²) in [4.78, 5) is 2.55. The van der Waals surface area contributed by atoms with Crippen molar-refractivity contribution in [3.8, 4) is 0 Å². The van der Waals surface area contributed by atoms with E-state index in [1.807, 2.05) is 0 Å². The Kier molecular flexibility index (Phi) is 2.72. The van der Waals surface area contributed by atoms with Crippen molar-refractivity contribution in [2.75, 3.05) is 13.1 Å². The lowest BCUT2D eigenvalue weighted by molar-refractivity contribution is 0.224. The molecule has 0 bridgehead atoms. The molecule has 1 saturated carbocycles. The number of hydrogen-bond acceptors (Lipinski definition) is 1. The SMILES string of the molecule is CCN(CC1CC1)C(C)C. The lowest BCUT2D eigenvalue weighted by Crippen LogP contribution is -2.32. The van der Waals surface area contributed by atoms with Crippen LogP contribution < -0.4 is 0 Å². The maximum Gasteiger partial charge on any atom is 0.00385 e. The second-order valence-corrected chi connectivity index (χ2v) is 3.62. The maximum atomic E-state index is 2.55. The molecule has 0 heterocycles. The zero-order chi connectivity index (χ0) is 7.56. The minimum Gasteiger partial charge on any atom is -0.301 e. The molecule has 0 aromatic rings. The normalized spacial score (nSPS) is 18.9. The van der Waals surface area contributed by atoms with Gasteiger partial charge < -0.3 is 4.90 Å². The van der Waals surface area contributed by atoms with E-state index in [9.17, 15) is 0 Å². The van der Waals surface area contributed by atoms with Crippen molar-refractivity contribution in [3.63, 3.8) is 0 Å². The zero-order valence-electron chi connectivity index (χ0n) is 7.43. The fourth-order valence-corrected chi connectivity index (χ4v) is 1.34. The van der Waals surface area contributed by atoms with Crippen LogP contribution in [-0.4, -0.2) is 24.0 Å². The summed E-state index contributed by atoms with van der Waals surface area (Å²) < 4.78 is 0. The maximum absolute atomic E-state index is 2.55. The molecule has 1 aliphatic carbocycles. The third kappa shape index (κ3) is 2.30. The molecule has 0 aromatic carbocycles. The molecule has 0 N–H and O–H groups in total. The first-order chi connectivity index (χ1) is 4.74. The molecule has 10 heavy (non-hydrogen) atoms. The summed E-state index contributed by atoms with van der Waals surface area (Å²) in [5.74, 6) is 1.04. The van der Waals surface area contributed by atoms with Crippen LogP contribution in [0.3, 0.4) is 0 Å². The fraction of sp³-hybridized carbons (Fsp3) is 1.00. The topological polar surface area (TPSA) is 3.24 Å². The van der Waals surface area contributed by atoms with Gasteiger partial charge in [0.25, 0.3) is 0 Å².